The fourth-order valence-corrected chi connectivity index (χ4v) is 2.40. The summed E-state index contributed by atoms with van der Waals surface area (Å²) < 4.78 is 11.2. The van der Waals surface area contributed by atoms with E-state index in [0.29, 0.717) is 19.8 Å². The Balaban J connectivity index is 0.00000676. The van der Waals surface area contributed by atoms with Crippen LogP contribution in [0.2, 0.25) is 0 Å². The molecular formula is C20H36IN3O2S. The maximum atomic E-state index is 5.95. The Hall–Kier alpha value is -0.670. The van der Waals surface area contributed by atoms with Gasteiger partial charge in [-0.15, -0.1) is 24.0 Å². The molecule has 0 unspecified atom stereocenters. The van der Waals surface area contributed by atoms with E-state index >= 15 is 0 Å². The van der Waals surface area contributed by atoms with Crippen LogP contribution in [0.1, 0.15) is 38.3 Å². The molecule has 0 atom stereocenters. The molecule has 0 aliphatic heterocycles. The number of thioether (sulfide) groups is 1. The van der Waals surface area contributed by atoms with Gasteiger partial charge in [-0.2, -0.15) is 11.8 Å². The standard InChI is InChI=1S/C20H35N3O2S.HI/c1-7-21-19(23-15-20(3,4)26-6)22-14-17-10-9-16(2)13-18(17)25-12-8-11-24-5;/h9-10,13H,7-8,11-12,14-15H2,1-6H3,(H2,21,22,23);1H. The fraction of sp³-hybridized carbons (Fsp3) is 0.650. The zero-order chi connectivity index (χ0) is 19.4. The quantitative estimate of drug-likeness (QED) is 0.203. The molecule has 0 bridgehead atoms. The number of nitrogens with zero attached hydrogens (tertiary/aromatic N) is 1. The lowest BCUT2D eigenvalue weighted by atomic mass is 10.1. The monoisotopic (exact) mass is 509 g/mol. The predicted molar refractivity (Wildman–Crippen MR) is 129 cm³/mol. The molecule has 0 radical (unpaired) electrons. The Morgan fingerprint density at radius 2 is 1.96 bits per heavy atom. The lowest BCUT2D eigenvalue weighted by Crippen LogP contribution is -2.43. The number of hydrogen-bond acceptors (Lipinski definition) is 4. The third-order valence-corrected chi connectivity index (χ3v) is 5.21. The van der Waals surface area contributed by atoms with E-state index in [0.717, 1.165) is 36.8 Å². The second-order valence-corrected chi connectivity index (χ2v) is 8.33. The smallest absolute Gasteiger partial charge is 0.191 e. The van der Waals surface area contributed by atoms with Gasteiger partial charge in [0.25, 0.3) is 0 Å². The summed E-state index contributed by atoms with van der Waals surface area (Å²) in [4.78, 5) is 4.74. The Morgan fingerprint density at radius 1 is 1.22 bits per heavy atom. The normalized spacial score (nSPS) is 11.7. The summed E-state index contributed by atoms with van der Waals surface area (Å²) >= 11 is 1.84. The van der Waals surface area contributed by atoms with Crippen molar-refractivity contribution in [1.29, 1.82) is 0 Å². The predicted octanol–water partition coefficient (Wildman–Crippen LogP) is 4.23. The van der Waals surface area contributed by atoms with Crippen LogP contribution in [-0.4, -0.2) is 50.4 Å². The van der Waals surface area contributed by atoms with Gasteiger partial charge in [-0.25, -0.2) is 4.99 Å². The van der Waals surface area contributed by atoms with E-state index in [1.165, 1.54) is 5.56 Å². The van der Waals surface area contributed by atoms with Crippen molar-refractivity contribution in [1.82, 2.24) is 10.6 Å². The van der Waals surface area contributed by atoms with E-state index in [1.54, 1.807) is 7.11 Å². The molecule has 0 aliphatic carbocycles. The maximum Gasteiger partial charge on any atom is 0.191 e. The molecule has 5 nitrogen and oxygen atoms in total. The van der Waals surface area contributed by atoms with Gasteiger partial charge in [0.15, 0.2) is 5.96 Å². The number of aryl methyl sites for hydroxylation is 1. The summed E-state index contributed by atoms with van der Waals surface area (Å²) in [6.07, 6.45) is 3.01. The molecule has 1 aromatic rings. The third-order valence-electron chi connectivity index (χ3n) is 3.96. The zero-order valence-corrected chi connectivity index (χ0v) is 20.7. The number of rotatable bonds is 11. The van der Waals surface area contributed by atoms with Crippen LogP contribution in [0.25, 0.3) is 0 Å². The summed E-state index contributed by atoms with van der Waals surface area (Å²) in [6, 6.07) is 6.28. The fourth-order valence-electron chi connectivity index (χ4n) is 2.19. The first kappa shape index (κ1) is 26.3. The summed E-state index contributed by atoms with van der Waals surface area (Å²) in [7, 11) is 1.71. The van der Waals surface area contributed by atoms with Gasteiger partial charge in [-0.3, -0.25) is 0 Å². The molecule has 0 aromatic heterocycles. The Morgan fingerprint density at radius 3 is 2.59 bits per heavy atom. The number of halogens is 1. The van der Waals surface area contributed by atoms with Gasteiger partial charge in [0, 0.05) is 43.5 Å². The Labute approximate surface area is 186 Å². The van der Waals surface area contributed by atoms with Gasteiger partial charge in [0.05, 0.1) is 13.2 Å². The lowest BCUT2D eigenvalue weighted by molar-refractivity contribution is 0.172. The van der Waals surface area contributed by atoms with Crippen LogP contribution in [0.5, 0.6) is 5.75 Å². The number of aliphatic imine (C=N–C) groups is 1. The van der Waals surface area contributed by atoms with Crippen LogP contribution < -0.4 is 15.4 Å². The molecular weight excluding hydrogens is 473 g/mol. The van der Waals surface area contributed by atoms with Crippen LogP contribution in [0.3, 0.4) is 0 Å². The molecule has 156 valence electrons. The van der Waals surface area contributed by atoms with E-state index in [1.807, 2.05) is 11.8 Å². The molecule has 0 saturated heterocycles. The highest BCUT2D eigenvalue weighted by molar-refractivity contribution is 14.0. The number of ether oxygens (including phenoxy) is 2. The van der Waals surface area contributed by atoms with Crippen LogP contribution in [0.15, 0.2) is 23.2 Å². The van der Waals surface area contributed by atoms with Gasteiger partial charge >= 0.3 is 0 Å². The topological polar surface area (TPSA) is 54.9 Å². The van der Waals surface area contributed by atoms with Crippen molar-refractivity contribution < 1.29 is 9.47 Å². The second-order valence-electron chi connectivity index (χ2n) is 6.82. The first-order chi connectivity index (χ1) is 12.4. The SMILES string of the molecule is CCNC(=NCc1ccc(C)cc1OCCCOC)NCC(C)(C)SC.I. The largest absolute Gasteiger partial charge is 0.493 e. The molecule has 1 rings (SSSR count). The van der Waals surface area contributed by atoms with Crippen molar-refractivity contribution in [3.63, 3.8) is 0 Å². The first-order valence-corrected chi connectivity index (χ1v) is 10.4. The number of benzene rings is 1. The van der Waals surface area contributed by atoms with E-state index < -0.39 is 0 Å². The van der Waals surface area contributed by atoms with E-state index in [2.05, 4.69) is 62.8 Å². The summed E-state index contributed by atoms with van der Waals surface area (Å²) in [6.45, 7) is 12.2. The van der Waals surface area contributed by atoms with E-state index in [9.17, 15) is 0 Å². The third kappa shape index (κ3) is 11.0. The molecule has 0 saturated carbocycles. The summed E-state index contributed by atoms with van der Waals surface area (Å²) in [5, 5.41) is 6.75. The number of hydrogen-bond donors (Lipinski definition) is 2. The van der Waals surface area contributed by atoms with Gasteiger partial charge < -0.3 is 20.1 Å². The number of nitrogens with one attached hydrogen (secondary N) is 2. The highest BCUT2D eigenvalue weighted by Gasteiger charge is 2.16. The second kappa shape index (κ2) is 14.3. The van der Waals surface area contributed by atoms with Gasteiger partial charge in [-0.1, -0.05) is 12.1 Å². The number of methoxy groups -OCH3 is 1. The van der Waals surface area contributed by atoms with Crippen LogP contribution in [0.4, 0.5) is 0 Å². The molecule has 0 aliphatic rings. The number of guanidine groups is 1. The highest BCUT2D eigenvalue weighted by atomic mass is 127. The molecule has 0 fully saturated rings. The average Bonchev–Trinajstić information content (AvgIpc) is 2.62. The molecule has 0 amide bonds. The molecule has 1 aromatic carbocycles. The van der Waals surface area contributed by atoms with E-state index in [-0.39, 0.29) is 28.7 Å². The van der Waals surface area contributed by atoms with Gasteiger partial charge in [0.1, 0.15) is 5.75 Å². The molecule has 0 heterocycles. The Kier molecular flexibility index (Phi) is 14.0. The van der Waals surface area contributed by atoms with Gasteiger partial charge in [-0.05, 0) is 45.6 Å². The minimum atomic E-state index is 0. The van der Waals surface area contributed by atoms with Crippen molar-refractivity contribution >= 4 is 41.7 Å². The lowest BCUT2D eigenvalue weighted by Gasteiger charge is -2.23. The molecule has 0 spiro atoms. The van der Waals surface area contributed by atoms with Crippen LogP contribution in [-0.2, 0) is 11.3 Å². The summed E-state index contributed by atoms with van der Waals surface area (Å²) in [5.74, 6) is 1.74. The van der Waals surface area contributed by atoms with Crippen molar-refractivity contribution in [2.24, 2.45) is 4.99 Å². The molecule has 27 heavy (non-hydrogen) atoms. The van der Waals surface area contributed by atoms with Crippen molar-refractivity contribution in [3.8, 4) is 5.75 Å². The zero-order valence-electron chi connectivity index (χ0n) is 17.6. The minimum absolute atomic E-state index is 0. The molecule has 7 heteroatoms. The molecule has 2 N–H and O–H groups in total. The first-order valence-electron chi connectivity index (χ1n) is 9.20. The average molecular weight is 509 g/mol. The van der Waals surface area contributed by atoms with Crippen molar-refractivity contribution in [3.05, 3.63) is 29.3 Å². The van der Waals surface area contributed by atoms with E-state index in [4.69, 9.17) is 14.5 Å². The van der Waals surface area contributed by atoms with Crippen LogP contribution in [0, 0.1) is 6.92 Å². The van der Waals surface area contributed by atoms with Crippen LogP contribution >= 0.6 is 35.7 Å². The minimum Gasteiger partial charge on any atom is -0.493 e. The highest BCUT2D eigenvalue weighted by Crippen LogP contribution is 2.22. The summed E-state index contributed by atoms with van der Waals surface area (Å²) in [5.41, 5.74) is 2.28. The van der Waals surface area contributed by atoms with Crippen molar-refractivity contribution in [2.45, 2.75) is 45.4 Å². The maximum absolute atomic E-state index is 5.95. The van der Waals surface area contributed by atoms with Gasteiger partial charge in [0.2, 0.25) is 0 Å². The Bertz CT molecular complexity index is 568. The van der Waals surface area contributed by atoms with Crippen molar-refractivity contribution in [2.75, 3.05) is 39.7 Å².